The lowest BCUT2D eigenvalue weighted by Crippen LogP contribution is -2.31. The van der Waals surface area contributed by atoms with Crippen LogP contribution in [0, 0.1) is 0 Å². The fourth-order valence-electron chi connectivity index (χ4n) is 5.30. The van der Waals surface area contributed by atoms with Gasteiger partial charge in [0, 0.05) is 22.7 Å². The van der Waals surface area contributed by atoms with Crippen molar-refractivity contribution in [3.63, 3.8) is 0 Å². The molecule has 5 heteroatoms. The van der Waals surface area contributed by atoms with Gasteiger partial charge in [-0.25, -0.2) is 9.97 Å². The molecule has 1 aliphatic carbocycles. The van der Waals surface area contributed by atoms with Crippen LogP contribution in [-0.4, -0.2) is 21.0 Å². The van der Waals surface area contributed by atoms with Crippen LogP contribution < -0.4 is 11.1 Å². The van der Waals surface area contributed by atoms with Crippen molar-refractivity contribution in [2.45, 2.75) is 13.0 Å². The predicted octanol–water partition coefficient (Wildman–Crippen LogP) is 7.35. The Hall–Kier alpha value is -5.29. The molecule has 7 rings (SSSR count). The van der Waals surface area contributed by atoms with Crippen LogP contribution in [0.15, 0.2) is 121 Å². The number of rotatable bonds is 4. The molecule has 5 nitrogen and oxygen atoms in total. The quantitative estimate of drug-likeness (QED) is 0.244. The van der Waals surface area contributed by atoms with Crippen molar-refractivity contribution in [1.82, 2.24) is 20.3 Å². The number of nitrogens with one attached hydrogen (secondary N) is 1. The molecule has 0 radical (unpaired) electrons. The fraction of sp³-hybridized carbons (Fsp3) is 0.0571. The zero-order valence-electron chi connectivity index (χ0n) is 22.0. The van der Waals surface area contributed by atoms with Gasteiger partial charge in [-0.05, 0) is 71.7 Å². The number of dihydropyridines is 1. The molecule has 4 heterocycles. The molecule has 5 aromatic rings. The van der Waals surface area contributed by atoms with Gasteiger partial charge in [-0.15, -0.1) is 0 Å². The smallest absolute Gasteiger partial charge is 0.0944 e. The first-order valence-corrected chi connectivity index (χ1v) is 13.4. The molecule has 2 aromatic carbocycles. The van der Waals surface area contributed by atoms with E-state index in [-0.39, 0.29) is 6.04 Å². The molecular formula is C35H27N5. The number of hydrogen-bond donors (Lipinski definition) is 2. The monoisotopic (exact) mass is 517 g/mol. The summed E-state index contributed by atoms with van der Waals surface area (Å²) in [7, 11) is 0. The third-order valence-electron chi connectivity index (χ3n) is 7.42. The highest BCUT2D eigenvalue weighted by molar-refractivity contribution is 5.95. The molecule has 1 atom stereocenters. The van der Waals surface area contributed by atoms with E-state index in [1.54, 1.807) is 6.20 Å². The molecule has 3 aromatic heterocycles. The maximum absolute atomic E-state index is 6.49. The summed E-state index contributed by atoms with van der Waals surface area (Å²) in [5, 5.41) is 5.85. The van der Waals surface area contributed by atoms with E-state index in [2.05, 4.69) is 83.1 Å². The van der Waals surface area contributed by atoms with Gasteiger partial charge in [0.25, 0.3) is 0 Å². The summed E-state index contributed by atoms with van der Waals surface area (Å²) in [6.45, 7) is 1.99. The number of aromatic nitrogens is 3. The number of fused-ring (bicyclic) bond motifs is 3. The van der Waals surface area contributed by atoms with Crippen LogP contribution in [0.1, 0.15) is 23.7 Å². The average molecular weight is 518 g/mol. The summed E-state index contributed by atoms with van der Waals surface area (Å²) < 4.78 is 0. The number of benzene rings is 2. The first-order chi connectivity index (χ1) is 19.7. The van der Waals surface area contributed by atoms with Gasteiger partial charge in [0.15, 0.2) is 0 Å². The van der Waals surface area contributed by atoms with Crippen molar-refractivity contribution in [2.75, 3.05) is 5.73 Å². The zero-order chi connectivity index (χ0) is 27.1. The lowest BCUT2D eigenvalue weighted by Gasteiger charge is -2.27. The summed E-state index contributed by atoms with van der Waals surface area (Å²) in [6.07, 6.45) is 16.6. The van der Waals surface area contributed by atoms with E-state index in [1.165, 1.54) is 5.57 Å². The minimum Gasteiger partial charge on any atom is -0.396 e. The second kappa shape index (κ2) is 9.79. The number of nitrogens with zero attached hydrogens (tertiary/aromatic N) is 3. The summed E-state index contributed by atoms with van der Waals surface area (Å²) in [5.74, 6) is 0. The Morgan fingerprint density at radius 1 is 0.825 bits per heavy atom. The molecule has 0 saturated heterocycles. The molecule has 1 unspecified atom stereocenters. The third-order valence-corrected chi connectivity index (χ3v) is 7.42. The second-order valence-electron chi connectivity index (χ2n) is 9.98. The number of nitrogen functional groups attached to an aromatic ring is 1. The van der Waals surface area contributed by atoms with Gasteiger partial charge < -0.3 is 11.1 Å². The van der Waals surface area contributed by atoms with Crippen molar-refractivity contribution in [2.24, 2.45) is 0 Å². The van der Waals surface area contributed by atoms with Crippen molar-refractivity contribution >= 4 is 44.8 Å². The average Bonchev–Trinajstić information content (AvgIpc) is 3.01. The van der Waals surface area contributed by atoms with E-state index in [0.29, 0.717) is 5.69 Å². The van der Waals surface area contributed by atoms with Gasteiger partial charge >= 0.3 is 0 Å². The molecule has 0 amide bonds. The molecule has 40 heavy (non-hydrogen) atoms. The van der Waals surface area contributed by atoms with Crippen LogP contribution in [-0.2, 0) is 0 Å². The Morgan fingerprint density at radius 3 is 2.55 bits per heavy atom. The summed E-state index contributed by atoms with van der Waals surface area (Å²) >= 11 is 0. The second-order valence-corrected chi connectivity index (χ2v) is 9.98. The molecule has 0 spiro atoms. The van der Waals surface area contributed by atoms with Gasteiger partial charge in [0.1, 0.15) is 0 Å². The molecule has 192 valence electrons. The van der Waals surface area contributed by atoms with Gasteiger partial charge in [0.05, 0.1) is 39.8 Å². The molecule has 2 aliphatic rings. The number of anilines is 1. The topological polar surface area (TPSA) is 76.7 Å². The predicted molar refractivity (Wildman–Crippen MR) is 166 cm³/mol. The normalized spacial score (nSPS) is 16.4. The van der Waals surface area contributed by atoms with Crippen molar-refractivity contribution in [3.05, 3.63) is 138 Å². The highest BCUT2D eigenvalue weighted by Crippen LogP contribution is 2.31. The summed E-state index contributed by atoms with van der Waals surface area (Å²) in [5.41, 5.74) is 17.0. The highest BCUT2D eigenvalue weighted by atomic mass is 14.9. The highest BCUT2D eigenvalue weighted by Gasteiger charge is 2.20. The lowest BCUT2D eigenvalue weighted by atomic mass is 9.91. The number of nitrogens with two attached hydrogens (primary N) is 1. The largest absolute Gasteiger partial charge is 0.396 e. The summed E-state index contributed by atoms with van der Waals surface area (Å²) in [4.78, 5) is 14.3. The fourth-order valence-corrected chi connectivity index (χ4v) is 5.30. The van der Waals surface area contributed by atoms with E-state index in [0.717, 1.165) is 61.3 Å². The van der Waals surface area contributed by atoms with Gasteiger partial charge in [-0.1, -0.05) is 72.8 Å². The van der Waals surface area contributed by atoms with Crippen molar-refractivity contribution < 1.29 is 0 Å². The molecule has 0 saturated carbocycles. The first kappa shape index (κ1) is 23.8. The minimum absolute atomic E-state index is 0.0349. The van der Waals surface area contributed by atoms with E-state index >= 15 is 0 Å². The van der Waals surface area contributed by atoms with Crippen LogP contribution >= 0.6 is 0 Å². The van der Waals surface area contributed by atoms with Gasteiger partial charge in [-0.2, -0.15) is 0 Å². The Bertz CT molecular complexity index is 1940. The Morgan fingerprint density at radius 2 is 1.68 bits per heavy atom. The maximum Gasteiger partial charge on any atom is 0.0944 e. The van der Waals surface area contributed by atoms with E-state index in [9.17, 15) is 0 Å². The molecular weight excluding hydrogens is 490 g/mol. The van der Waals surface area contributed by atoms with Crippen LogP contribution in [0.4, 0.5) is 5.69 Å². The molecule has 0 bridgehead atoms. The van der Waals surface area contributed by atoms with E-state index in [4.69, 9.17) is 15.7 Å². The molecule has 0 fully saturated rings. The van der Waals surface area contributed by atoms with Crippen LogP contribution in [0.2, 0.25) is 0 Å². The number of pyridine rings is 3. The number of hydrogen-bond acceptors (Lipinski definition) is 5. The van der Waals surface area contributed by atoms with Crippen LogP contribution in [0.25, 0.3) is 50.5 Å². The van der Waals surface area contributed by atoms with Crippen LogP contribution in [0.3, 0.4) is 0 Å². The molecule has 3 N–H and O–H groups in total. The third kappa shape index (κ3) is 4.28. The Kier molecular flexibility index (Phi) is 5.82. The first-order valence-electron chi connectivity index (χ1n) is 13.4. The zero-order valence-corrected chi connectivity index (χ0v) is 22.0. The minimum atomic E-state index is 0.0349. The van der Waals surface area contributed by atoms with Gasteiger partial charge in [0.2, 0.25) is 0 Å². The standard InChI is InChI=1S/C35H27N5/c1-2-5-24-9-10-25-15-17-29(40-35(25)34(24)36)27-12-8-22-13-16-28(38-32(22)21-27)26-11-7-23-14-18-31(39-33(23)20-26)30-6-3-4-19-37-30/h2-21,32,38H,36H2,1H3/b5-2-. The van der Waals surface area contributed by atoms with E-state index in [1.807, 2.05) is 49.4 Å². The van der Waals surface area contributed by atoms with E-state index < -0.39 is 0 Å². The Labute approximate surface area is 232 Å². The Balaban J connectivity index is 1.20. The van der Waals surface area contributed by atoms with Crippen molar-refractivity contribution in [3.8, 4) is 11.4 Å². The van der Waals surface area contributed by atoms with Crippen LogP contribution in [0.5, 0.6) is 0 Å². The summed E-state index contributed by atoms with van der Waals surface area (Å²) in [6, 6.07) is 24.7. The van der Waals surface area contributed by atoms with Gasteiger partial charge in [-0.3, -0.25) is 4.98 Å². The maximum atomic E-state index is 6.49. The molecule has 1 aliphatic heterocycles. The lowest BCUT2D eigenvalue weighted by molar-refractivity contribution is 0.815. The SMILES string of the molecule is C/C=C\c1ccc2ccc(C3=CC4NC(c5ccc6ccc(-c7ccccn7)nc6c5)=CC=C4C=C3)nc2c1N. The van der Waals surface area contributed by atoms with Crippen molar-refractivity contribution in [1.29, 1.82) is 0 Å². The number of allylic oxidation sites excluding steroid dienone is 5.